The molecule has 0 N–H and O–H groups in total. The molecule has 2 aromatic rings. The Morgan fingerprint density at radius 1 is 1.11 bits per heavy atom. The van der Waals surface area contributed by atoms with Gasteiger partial charge in [-0.15, -0.1) is 0 Å². The Morgan fingerprint density at radius 2 is 1.86 bits per heavy atom. The summed E-state index contributed by atoms with van der Waals surface area (Å²) in [6.45, 7) is 0. The van der Waals surface area contributed by atoms with E-state index in [1.54, 1.807) is 26.5 Å². The van der Waals surface area contributed by atoms with E-state index in [-0.39, 0.29) is 11.6 Å². The quantitative estimate of drug-likeness (QED) is 0.571. The van der Waals surface area contributed by atoms with Crippen molar-refractivity contribution < 1.29 is 23.9 Å². The molecule has 2 aromatic carbocycles. The van der Waals surface area contributed by atoms with E-state index >= 15 is 0 Å². The average molecular weight is 384 g/mol. The molecule has 0 radical (unpaired) electrons. The van der Waals surface area contributed by atoms with Crippen LogP contribution in [-0.2, 0) is 11.2 Å². The number of hydrogen-bond acceptors (Lipinski definition) is 6. The molecule has 8 heteroatoms. The van der Waals surface area contributed by atoms with Crippen molar-refractivity contribution in [2.45, 2.75) is 12.3 Å². The van der Waals surface area contributed by atoms with E-state index in [0.29, 0.717) is 29.2 Å². The molecule has 1 atom stereocenters. The molecule has 8 nitrogen and oxygen atoms in total. The van der Waals surface area contributed by atoms with E-state index in [4.69, 9.17) is 14.2 Å². The van der Waals surface area contributed by atoms with Gasteiger partial charge in [-0.2, -0.15) is 0 Å². The number of rotatable bonds is 5. The Bertz CT molecular complexity index is 940. The fraction of sp³-hybridized carbons (Fsp3) is 0.250. The van der Waals surface area contributed by atoms with Gasteiger partial charge >= 0.3 is 6.09 Å². The number of carbonyl (C=O) groups is 1. The van der Waals surface area contributed by atoms with Gasteiger partial charge in [-0.1, -0.05) is 12.1 Å². The van der Waals surface area contributed by atoms with Gasteiger partial charge in [-0.25, -0.2) is 4.79 Å². The second-order valence-electron chi connectivity index (χ2n) is 6.18. The summed E-state index contributed by atoms with van der Waals surface area (Å²) in [5.41, 5.74) is 2.18. The zero-order chi connectivity index (χ0) is 20.3. The monoisotopic (exact) mass is 384 g/mol. The minimum absolute atomic E-state index is 0.0313. The van der Waals surface area contributed by atoms with Crippen LogP contribution in [0.3, 0.4) is 0 Å². The van der Waals surface area contributed by atoms with Gasteiger partial charge in [0.05, 0.1) is 31.9 Å². The maximum atomic E-state index is 12.1. The molecule has 0 fully saturated rings. The number of methoxy groups -OCH3 is 3. The first-order valence-corrected chi connectivity index (χ1v) is 8.53. The van der Waals surface area contributed by atoms with Crippen LogP contribution in [0.15, 0.2) is 48.7 Å². The number of non-ortho nitro benzene ring substituents is 1. The summed E-state index contributed by atoms with van der Waals surface area (Å²) in [4.78, 5) is 24.2. The molecule has 3 rings (SSSR count). The Kier molecular flexibility index (Phi) is 5.49. The van der Waals surface area contributed by atoms with E-state index in [1.807, 2.05) is 24.3 Å². The highest BCUT2D eigenvalue weighted by Crippen LogP contribution is 2.39. The van der Waals surface area contributed by atoms with Crippen LogP contribution in [0, 0.1) is 10.1 Å². The second kappa shape index (κ2) is 7.99. The Hall–Kier alpha value is -3.55. The number of fused-ring (bicyclic) bond motifs is 1. The summed E-state index contributed by atoms with van der Waals surface area (Å²) in [6.07, 6.45) is 3.47. The van der Waals surface area contributed by atoms with Crippen LogP contribution in [0.25, 0.3) is 0 Å². The van der Waals surface area contributed by atoms with Crippen LogP contribution >= 0.6 is 0 Å². The number of ether oxygens (including phenoxy) is 3. The van der Waals surface area contributed by atoms with Crippen molar-refractivity contribution in [2.75, 3.05) is 26.2 Å². The molecule has 1 aliphatic rings. The van der Waals surface area contributed by atoms with E-state index < -0.39 is 11.0 Å². The highest BCUT2D eigenvalue weighted by Gasteiger charge is 2.27. The first-order valence-electron chi connectivity index (χ1n) is 8.53. The van der Waals surface area contributed by atoms with E-state index in [9.17, 15) is 14.9 Å². The Morgan fingerprint density at radius 3 is 2.50 bits per heavy atom. The maximum Gasteiger partial charge on any atom is 0.418 e. The number of anilines is 1. The number of nitrogens with zero attached hydrogens (tertiary/aromatic N) is 2. The second-order valence-corrected chi connectivity index (χ2v) is 6.18. The lowest BCUT2D eigenvalue weighted by molar-refractivity contribution is -0.384. The summed E-state index contributed by atoms with van der Waals surface area (Å²) >= 11 is 0. The number of carbonyl (C=O) groups excluding carboxylic acids is 1. The van der Waals surface area contributed by atoms with Gasteiger partial charge in [0.25, 0.3) is 5.69 Å². The van der Waals surface area contributed by atoms with Crippen molar-refractivity contribution in [3.05, 3.63) is 69.9 Å². The molecule has 146 valence electrons. The molecule has 1 amide bonds. The normalized spacial score (nSPS) is 15.0. The number of benzene rings is 2. The molecule has 0 saturated carbocycles. The summed E-state index contributed by atoms with van der Waals surface area (Å²) in [5.74, 6) is 1.07. The third-order valence-corrected chi connectivity index (χ3v) is 4.62. The lowest BCUT2D eigenvalue weighted by Crippen LogP contribution is -2.29. The number of nitro groups is 1. The summed E-state index contributed by atoms with van der Waals surface area (Å²) in [7, 11) is 4.42. The SMILES string of the molecule is COC(=O)N1C=CC(Cc2ccc(OC)c(OC)c2)c2cc([N+](=O)[O-])ccc21. The van der Waals surface area contributed by atoms with Crippen LogP contribution in [0.5, 0.6) is 11.5 Å². The summed E-state index contributed by atoms with van der Waals surface area (Å²) in [5, 5.41) is 11.2. The molecule has 1 unspecified atom stereocenters. The number of amides is 1. The van der Waals surface area contributed by atoms with Gasteiger partial charge in [0.2, 0.25) is 0 Å². The van der Waals surface area contributed by atoms with Crippen molar-refractivity contribution in [3.8, 4) is 11.5 Å². The molecule has 0 saturated heterocycles. The third-order valence-electron chi connectivity index (χ3n) is 4.62. The van der Waals surface area contributed by atoms with Crippen LogP contribution in [0.2, 0.25) is 0 Å². The lowest BCUT2D eigenvalue weighted by Gasteiger charge is -2.28. The molecule has 0 aromatic heterocycles. The van der Waals surface area contributed by atoms with Gasteiger partial charge in [0.15, 0.2) is 11.5 Å². The zero-order valence-electron chi connectivity index (χ0n) is 15.7. The topological polar surface area (TPSA) is 91.1 Å². The van der Waals surface area contributed by atoms with Gasteiger partial charge in [0, 0.05) is 24.3 Å². The number of hydrogen-bond donors (Lipinski definition) is 0. The zero-order valence-corrected chi connectivity index (χ0v) is 15.7. The average Bonchev–Trinajstić information content (AvgIpc) is 2.72. The maximum absolute atomic E-state index is 12.1. The highest BCUT2D eigenvalue weighted by atomic mass is 16.6. The van der Waals surface area contributed by atoms with Crippen LogP contribution < -0.4 is 14.4 Å². The predicted molar refractivity (Wildman–Crippen MR) is 103 cm³/mol. The van der Waals surface area contributed by atoms with Crippen molar-refractivity contribution in [1.82, 2.24) is 0 Å². The Balaban J connectivity index is 2.00. The number of nitro benzene ring substituents is 1. The molecule has 0 bridgehead atoms. The molecule has 1 aliphatic heterocycles. The first kappa shape index (κ1) is 19.2. The van der Waals surface area contributed by atoms with Crippen molar-refractivity contribution in [1.29, 1.82) is 0 Å². The van der Waals surface area contributed by atoms with Gasteiger partial charge in [-0.3, -0.25) is 15.0 Å². The van der Waals surface area contributed by atoms with Crippen molar-refractivity contribution in [3.63, 3.8) is 0 Å². The van der Waals surface area contributed by atoms with E-state index in [0.717, 1.165) is 5.56 Å². The molecule has 0 spiro atoms. The third kappa shape index (κ3) is 3.62. The molecule has 0 aliphatic carbocycles. The molecular formula is C20H20N2O6. The van der Waals surface area contributed by atoms with Gasteiger partial charge in [0.1, 0.15) is 0 Å². The van der Waals surface area contributed by atoms with Crippen LogP contribution in [-0.4, -0.2) is 32.3 Å². The molecule has 1 heterocycles. The van der Waals surface area contributed by atoms with Crippen molar-refractivity contribution >= 4 is 17.5 Å². The highest BCUT2D eigenvalue weighted by molar-refractivity contribution is 5.92. The minimum atomic E-state index is -0.559. The standard InChI is InChI=1S/C20H20N2O6/c1-26-18-7-4-13(11-19(18)27-2)10-14-8-9-21(20(23)28-3)17-6-5-15(22(24)25)12-16(14)17/h4-9,11-12,14H,10H2,1-3H3. The predicted octanol–water partition coefficient (Wildman–Crippen LogP) is 4.04. The molecule has 28 heavy (non-hydrogen) atoms. The lowest BCUT2D eigenvalue weighted by atomic mass is 9.88. The van der Waals surface area contributed by atoms with E-state index in [1.165, 1.54) is 24.1 Å². The van der Waals surface area contributed by atoms with Crippen LogP contribution in [0.1, 0.15) is 17.0 Å². The van der Waals surface area contributed by atoms with Gasteiger partial charge < -0.3 is 14.2 Å². The Labute approximate surface area is 162 Å². The fourth-order valence-corrected chi connectivity index (χ4v) is 3.24. The first-order chi connectivity index (χ1) is 13.5. The van der Waals surface area contributed by atoms with E-state index in [2.05, 4.69) is 0 Å². The summed E-state index contributed by atoms with van der Waals surface area (Å²) in [6, 6.07) is 10.0. The largest absolute Gasteiger partial charge is 0.493 e. The smallest absolute Gasteiger partial charge is 0.418 e. The van der Waals surface area contributed by atoms with Gasteiger partial charge in [-0.05, 0) is 35.7 Å². The van der Waals surface area contributed by atoms with Crippen LogP contribution in [0.4, 0.5) is 16.2 Å². The molecular weight excluding hydrogens is 364 g/mol. The summed E-state index contributed by atoms with van der Waals surface area (Å²) < 4.78 is 15.4. The minimum Gasteiger partial charge on any atom is -0.493 e. The fourth-order valence-electron chi connectivity index (χ4n) is 3.24. The number of allylic oxidation sites excluding steroid dienone is 1. The van der Waals surface area contributed by atoms with Crippen molar-refractivity contribution in [2.24, 2.45) is 0 Å².